The highest BCUT2D eigenvalue weighted by Gasteiger charge is 2.40. The molecule has 1 fully saturated rings. The molecule has 0 heterocycles. The highest BCUT2D eigenvalue weighted by atomic mass is 16.5. The summed E-state index contributed by atoms with van der Waals surface area (Å²) in [5, 5.41) is 0. The second-order valence-corrected chi connectivity index (χ2v) is 4.85. The van der Waals surface area contributed by atoms with Crippen molar-refractivity contribution in [3.8, 4) is 12.3 Å². The van der Waals surface area contributed by atoms with Gasteiger partial charge in [-0.2, -0.15) is 0 Å². The molecule has 0 radical (unpaired) electrons. The van der Waals surface area contributed by atoms with Gasteiger partial charge in [0.25, 0.3) is 0 Å². The van der Waals surface area contributed by atoms with Gasteiger partial charge in [-0.05, 0) is 37.8 Å². The summed E-state index contributed by atoms with van der Waals surface area (Å²) < 4.78 is 5.97. The van der Waals surface area contributed by atoms with Gasteiger partial charge in [0.2, 0.25) is 0 Å². The molecule has 0 aromatic heterocycles. The van der Waals surface area contributed by atoms with E-state index in [9.17, 15) is 0 Å². The SMILES string of the molecule is C#C/C(N)=C(\C=C(/CC)OC1(C)CC1)CCC. The molecule has 94 valence electrons. The van der Waals surface area contributed by atoms with Gasteiger partial charge in [-0.25, -0.2) is 0 Å². The van der Waals surface area contributed by atoms with Gasteiger partial charge >= 0.3 is 0 Å². The van der Waals surface area contributed by atoms with Crippen molar-refractivity contribution in [1.82, 2.24) is 0 Å². The van der Waals surface area contributed by atoms with Crippen LogP contribution in [0.2, 0.25) is 0 Å². The Morgan fingerprint density at radius 1 is 1.47 bits per heavy atom. The van der Waals surface area contributed by atoms with Gasteiger partial charge in [-0.1, -0.05) is 26.2 Å². The number of terminal acetylenes is 1. The van der Waals surface area contributed by atoms with Crippen LogP contribution in [0.4, 0.5) is 0 Å². The Hall–Kier alpha value is -1.36. The molecule has 0 bridgehead atoms. The van der Waals surface area contributed by atoms with Crippen LogP contribution in [0.25, 0.3) is 0 Å². The first kappa shape index (κ1) is 13.7. The van der Waals surface area contributed by atoms with Crippen molar-refractivity contribution in [3.63, 3.8) is 0 Å². The number of allylic oxidation sites excluding steroid dienone is 4. The average Bonchev–Trinajstić information content (AvgIpc) is 3.04. The zero-order valence-electron chi connectivity index (χ0n) is 11.2. The van der Waals surface area contributed by atoms with Crippen LogP contribution < -0.4 is 5.73 Å². The Balaban J connectivity index is 2.83. The van der Waals surface area contributed by atoms with Crippen molar-refractivity contribution in [2.75, 3.05) is 0 Å². The van der Waals surface area contributed by atoms with E-state index < -0.39 is 0 Å². The first-order valence-corrected chi connectivity index (χ1v) is 6.39. The van der Waals surface area contributed by atoms with Gasteiger partial charge in [0.15, 0.2) is 0 Å². The molecule has 1 rings (SSSR count). The quantitative estimate of drug-likeness (QED) is 0.433. The minimum atomic E-state index is 0.0596. The van der Waals surface area contributed by atoms with Crippen molar-refractivity contribution in [2.45, 2.75) is 58.5 Å². The van der Waals surface area contributed by atoms with E-state index in [1.807, 2.05) is 6.08 Å². The summed E-state index contributed by atoms with van der Waals surface area (Å²) in [6.45, 7) is 6.35. The lowest BCUT2D eigenvalue weighted by Crippen LogP contribution is -2.08. The van der Waals surface area contributed by atoms with Crippen molar-refractivity contribution in [3.05, 3.63) is 23.1 Å². The maximum absolute atomic E-state index is 5.97. The summed E-state index contributed by atoms with van der Waals surface area (Å²) in [5.74, 6) is 3.51. The molecule has 0 aromatic carbocycles. The largest absolute Gasteiger partial charge is 0.492 e. The fourth-order valence-corrected chi connectivity index (χ4v) is 1.64. The third-order valence-electron chi connectivity index (χ3n) is 3.04. The Morgan fingerprint density at radius 3 is 2.53 bits per heavy atom. The fraction of sp³-hybridized carbons (Fsp3) is 0.600. The summed E-state index contributed by atoms with van der Waals surface area (Å²) in [5.41, 5.74) is 7.44. The van der Waals surface area contributed by atoms with Crippen LogP contribution in [0.1, 0.15) is 52.9 Å². The van der Waals surface area contributed by atoms with E-state index >= 15 is 0 Å². The van der Waals surface area contributed by atoms with Crippen LogP contribution in [-0.2, 0) is 4.74 Å². The first-order chi connectivity index (χ1) is 8.04. The maximum atomic E-state index is 5.97. The van der Waals surface area contributed by atoms with E-state index in [1.165, 1.54) is 0 Å². The molecule has 1 saturated carbocycles. The second-order valence-electron chi connectivity index (χ2n) is 4.85. The highest BCUT2D eigenvalue weighted by molar-refractivity contribution is 5.36. The van der Waals surface area contributed by atoms with Crippen LogP contribution in [0.15, 0.2) is 23.1 Å². The van der Waals surface area contributed by atoms with E-state index in [2.05, 4.69) is 26.7 Å². The average molecular weight is 233 g/mol. The van der Waals surface area contributed by atoms with Crippen molar-refractivity contribution < 1.29 is 4.74 Å². The zero-order chi connectivity index (χ0) is 12.9. The molecule has 1 aliphatic rings. The van der Waals surface area contributed by atoms with Crippen LogP contribution in [0.3, 0.4) is 0 Å². The molecule has 0 saturated heterocycles. The number of hydrogen-bond donors (Lipinski definition) is 1. The molecule has 0 atom stereocenters. The van der Waals surface area contributed by atoms with E-state index in [-0.39, 0.29) is 5.60 Å². The predicted molar refractivity (Wildman–Crippen MR) is 72.1 cm³/mol. The van der Waals surface area contributed by atoms with Crippen LogP contribution in [-0.4, -0.2) is 5.60 Å². The highest BCUT2D eigenvalue weighted by Crippen LogP contribution is 2.41. The van der Waals surface area contributed by atoms with Crippen LogP contribution >= 0.6 is 0 Å². The summed E-state index contributed by atoms with van der Waals surface area (Å²) in [4.78, 5) is 0. The van der Waals surface area contributed by atoms with E-state index in [0.29, 0.717) is 5.70 Å². The second kappa shape index (κ2) is 5.82. The molecule has 2 N–H and O–H groups in total. The number of hydrogen-bond acceptors (Lipinski definition) is 2. The fourth-order valence-electron chi connectivity index (χ4n) is 1.64. The van der Waals surface area contributed by atoms with Crippen LogP contribution in [0, 0.1) is 12.3 Å². The minimum Gasteiger partial charge on any atom is -0.492 e. The number of rotatable bonds is 6. The van der Waals surface area contributed by atoms with Gasteiger partial charge in [-0.15, -0.1) is 6.42 Å². The lowest BCUT2D eigenvalue weighted by molar-refractivity contribution is 0.105. The van der Waals surface area contributed by atoms with Gasteiger partial charge in [-0.3, -0.25) is 0 Å². The zero-order valence-corrected chi connectivity index (χ0v) is 11.2. The molecule has 0 amide bonds. The lowest BCUT2D eigenvalue weighted by atomic mass is 10.1. The third kappa shape index (κ3) is 4.19. The minimum absolute atomic E-state index is 0.0596. The Labute approximate surface area is 105 Å². The molecule has 2 heteroatoms. The lowest BCUT2D eigenvalue weighted by Gasteiger charge is -2.16. The molecule has 0 unspecified atom stereocenters. The molecule has 0 aromatic rings. The summed E-state index contributed by atoms with van der Waals surface area (Å²) in [6.07, 6.45) is 12.5. The molecule has 0 aliphatic heterocycles. The van der Waals surface area contributed by atoms with Gasteiger partial charge in [0.05, 0.1) is 11.5 Å². The number of nitrogens with two attached hydrogens (primary N) is 1. The van der Waals surface area contributed by atoms with Gasteiger partial charge < -0.3 is 10.5 Å². The van der Waals surface area contributed by atoms with E-state index in [0.717, 1.165) is 43.4 Å². The maximum Gasteiger partial charge on any atom is 0.106 e. The van der Waals surface area contributed by atoms with Crippen molar-refractivity contribution in [1.29, 1.82) is 0 Å². The molecule has 0 spiro atoms. The molecule has 1 aliphatic carbocycles. The van der Waals surface area contributed by atoms with E-state index in [1.54, 1.807) is 0 Å². The standard InChI is InChI=1S/C15H23NO/c1-5-8-12(14(16)7-3)11-13(6-2)17-15(4)9-10-15/h3,11H,5-6,8-10,16H2,1-2,4H3/b13-11+,14-12+. The third-order valence-corrected chi connectivity index (χ3v) is 3.04. The summed E-state index contributed by atoms with van der Waals surface area (Å²) in [6, 6.07) is 0. The van der Waals surface area contributed by atoms with Crippen LogP contribution in [0.5, 0.6) is 0 Å². The molecular weight excluding hydrogens is 210 g/mol. The van der Waals surface area contributed by atoms with Gasteiger partial charge in [0, 0.05) is 6.42 Å². The monoisotopic (exact) mass is 233 g/mol. The number of ether oxygens (including phenoxy) is 1. The molecule has 17 heavy (non-hydrogen) atoms. The predicted octanol–water partition coefficient (Wildman–Crippen LogP) is 3.50. The summed E-state index contributed by atoms with van der Waals surface area (Å²) in [7, 11) is 0. The first-order valence-electron chi connectivity index (χ1n) is 6.39. The van der Waals surface area contributed by atoms with Crippen molar-refractivity contribution in [2.24, 2.45) is 5.73 Å². The molecule has 2 nitrogen and oxygen atoms in total. The summed E-state index contributed by atoms with van der Waals surface area (Å²) >= 11 is 0. The Morgan fingerprint density at radius 2 is 2.12 bits per heavy atom. The van der Waals surface area contributed by atoms with E-state index in [4.69, 9.17) is 16.9 Å². The van der Waals surface area contributed by atoms with Crippen molar-refractivity contribution >= 4 is 0 Å². The topological polar surface area (TPSA) is 35.2 Å². The molecular formula is C15H23NO. The Kier molecular flexibility index (Phi) is 4.69. The Bertz CT molecular complexity index is 367. The van der Waals surface area contributed by atoms with Gasteiger partial charge in [0.1, 0.15) is 5.60 Å². The normalized spacial score (nSPS) is 19.3. The smallest absolute Gasteiger partial charge is 0.106 e.